The monoisotopic (exact) mass is 289 g/mol. The van der Waals surface area contributed by atoms with E-state index in [1.165, 1.54) is 6.07 Å². The van der Waals surface area contributed by atoms with E-state index in [9.17, 15) is 8.78 Å². The topological polar surface area (TPSA) is 0 Å². The van der Waals surface area contributed by atoms with Gasteiger partial charge >= 0.3 is 78.9 Å². The minimum atomic E-state index is -0.689. The third-order valence-corrected chi connectivity index (χ3v) is 3.45. The number of halogens is 4. The summed E-state index contributed by atoms with van der Waals surface area (Å²) in [6.45, 7) is 0. The Hall–Kier alpha value is 0.1000. The second-order valence-electron chi connectivity index (χ2n) is 1.87. The molecule has 1 rings (SSSR count). The molecule has 11 heavy (non-hydrogen) atoms. The summed E-state index contributed by atoms with van der Waals surface area (Å²) >= 11 is 5.07. The molecule has 0 amide bonds. The quantitative estimate of drug-likeness (QED) is 0.372. The van der Waals surface area contributed by atoms with Crippen molar-refractivity contribution in [2.24, 2.45) is 0 Å². The fourth-order valence-corrected chi connectivity index (χ4v) is 2.28. The van der Waals surface area contributed by atoms with Crippen molar-refractivity contribution < 1.29 is 30.0 Å². The van der Waals surface area contributed by atoms with E-state index in [4.69, 9.17) is 11.6 Å². The van der Waals surface area contributed by atoms with Crippen LogP contribution in [0.25, 0.3) is 0 Å². The molecule has 0 spiro atoms. The van der Waals surface area contributed by atoms with E-state index >= 15 is 0 Å². The Morgan fingerprint density at radius 3 is 2.45 bits per heavy atom. The van der Waals surface area contributed by atoms with E-state index in [0.29, 0.717) is 3.57 Å². The Bertz CT molecular complexity index is 275. The van der Waals surface area contributed by atoms with Gasteiger partial charge in [0.25, 0.3) is 0 Å². The number of hydrogen-bond acceptors (Lipinski definition) is 0. The standard InChI is InChI=1S/C7H5ClF2I/c1-11-7-2-4(8)5(9)3-6(7)10/h2-3H,1H3/q-1. The van der Waals surface area contributed by atoms with Crippen molar-refractivity contribution in [3.63, 3.8) is 0 Å². The van der Waals surface area contributed by atoms with Crippen molar-refractivity contribution in [1.29, 1.82) is 0 Å². The first-order chi connectivity index (χ1) is 5.15. The normalized spacial score (nSPS) is 10.5. The summed E-state index contributed by atoms with van der Waals surface area (Å²) in [6.07, 6.45) is 0. The van der Waals surface area contributed by atoms with Gasteiger partial charge in [-0.1, -0.05) is 0 Å². The molecule has 0 bridgehead atoms. The molecule has 0 radical (unpaired) electrons. The SMILES string of the molecule is C[I-]c1cc(Cl)c(F)cc1F. The second-order valence-corrected chi connectivity index (χ2v) is 4.52. The first-order valence-corrected chi connectivity index (χ1v) is 6.40. The van der Waals surface area contributed by atoms with Crippen molar-refractivity contribution in [2.75, 3.05) is 4.93 Å². The summed E-state index contributed by atoms with van der Waals surface area (Å²) < 4.78 is 25.8. The number of benzene rings is 1. The summed E-state index contributed by atoms with van der Waals surface area (Å²) in [5, 5.41) is 0.00273. The van der Waals surface area contributed by atoms with Gasteiger partial charge < -0.3 is 0 Å². The van der Waals surface area contributed by atoms with E-state index in [0.717, 1.165) is 6.07 Å². The predicted molar refractivity (Wildman–Crippen MR) is 36.0 cm³/mol. The number of alkyl halides is 1. The van der Waals surface area contributed by atoms with Gasteiger partial charge in [0, 0.05) is 0 Å². The summed E-state index contributed by atoms with van der Waals surface area (Å²) in [7, 11) is 0. The van der Waals surface area contributed by atoms with Crippen LogP contribution in [0.4, 0.5) is 8.78 Å². The molecule has 4 heteroatoms. The second kappa shape index (κ2) is 3.67. The van der Waals surface area contributed by atoms with Crippen LogP contribution in [-0.2, 0) is 0 Å². The first-order valence-electron chi connectivity index (χ1n) is 2.79. The molecule has 0 fully saturated rings. The van der Waals surface area contributed by atoms with E-state index in [2.05, 4.69) is 0 Å². The molecule has 0 aliphatic rings. The molecule has 0 atom stereocenters. The molecule has 0 aliphatic carbocycles. The molecule has 0 aromatic heterocycles. The van der Waals surface area contributed by atoms with E-state index in [1.54, 1.807) is 0 Å². The van der Waals surface area contributed by atoms with Crippen molar-refractivity contribution in [1.82, 2.24) is 0 Å². The van der Waals surface area contributed by atoms with Crippen LogP contribution >= 0.6 is 11.6 Å². The van der Waals surface area contributed by atoms with Crippen LogP contribution in [-0.4, -0.2) is 4.93 Å². The van der Waals surface area contributed by atoms with Crippen LogP contribution in [0.15, 0.2) is 12.1 Å². The van der Waals surface area contributed by atoms with Crippen LogP contribution in [0.2, 0.25) is 5.02 Å². The van der Waals surface area contributed by atoms with Gasteiger partial charge in [-0.2, -0.15) is 0 Å². The molecule has 62 valence electrons. The Labute approximate surface area is 78.8 Å². The van der Waals surface area contributed by atoms with Gasteiger partial charge in [-0.15, -0.1) is 0 Å². The summed E-state index contributed by atoms with van der Waals surface area (Å²) in [5.41, 5.74) is 0. The van der Waals surface area contributed by atoms with Crippen molar-refractivity contribution in [3.8, 4) is 0 Å². The average molecular weight is 289 g/mol. The molecule has 0 unspecified atom stereocenters. The Morgan fingerprint density at radius 2 is 1.91 bits per heavy atom. The fourth-order valence-electron chi connectivity index (χ4n) is 0.643. The average Bonchev–Trinajstić information content (AvgIpc) is 1.97. The van der Waals surface area contributed by atoms with Gasteiger partial charge in [0.05, 0.1) is 0 Å². The summed E-state index contributed by atoms with van der Waals surface area (Å²) in [6, 6.07) is 2.19. The van der Waals surface area contributed by atoms with Crippen LogP contribution in [0.5, 0.6) is 0 Å². The van der Waals surface area contributed by atoms with Gasteiger partial charge in [0.2, 0.25) is 0 Å². The van der Waals surface area contributed by atoms with E-state index in [-0.39, 0.29) is 26.2 Å². The van der Waals surface area contributed by atoms with Gasteiger partial charge in [-0.3, -0.25) is 0 Å². The zero-order chi connectivity index (χ0) is 8.43. The molecular weight excluding hydrogens is 284 g/mol. The zero-order valence-corrected chi connectivity index (χ0v) is 8.58. The van der Waals surface area contributed by atoms with Gasteiger partial charge in [-0.05, 0) is 0 Å². The number of hydrogen-bond donors (Lipinski definition) is 0. The predicted octanol–water partition coefficient (Wildman–Crippen LogP) is -0.493. The number of rotatable bonds is 1. The van der Waals surface area contributed by atoms with Crippen molar-refractivity contribution >= 4 is 11.6 Å². The molecule has 0 heterocycles. The third-order valence-electron chi connectivity index (χ3n) is 1.17. The van der Waals surface area contributed by atoms with Crippen LogP contribution in [0, 0.1) is 15.2 Å². The molecule has 1 aromatic rings. The summed E-state index contributed by atoms with van der Waals surface area (Å²) in [5.74, 6) is -1.17. The first kappa shape index (κ1) is 9.19. The third kappa shape index (κ3) is 2.02. The van der Waals surface area contributed by atoms with E-state index < -0.39 is 11.6 Å². The molecule has 0 N–H and O–H groups in total. The van der Waals surface area contributed by atoms with Gasteiger partial charge in [0.1, 0.15) is 0 Å². The van der Waals surface area contributed by atoms with Crippen LogP contribution in [0.3, 0.4) is 0 Å². The maximum absolute atomic E-state index is 12.8. The molecule has 0 aliphatic heterocycles. The molecule has 1 aromatic carbocycles. The maximum atomic E-state index is 12.8. The van der Waals surface area contributed by atoms with Gasteiger partial charge in [0.15, 0.2) is 0 Å². The molecule has 0 saturated heterocycles. The van der Waals surface area contributed by atoms with Crippen molar-refractivity contribution in [2.45, 2.75) is 0 Å². The molecule has 0 saturated carbocycles. The zero-order valence-electron chi connectivity index (χ0n) is 5.67. The van der Waals surface area contributed by atoms with Gasteiger partial charge in [-0.25, -0.2) is 0 Å². The molecular formula is C7H5ClF2I-. The Kier molecular flexibility index (Phi) is 3.06. The molecule has 0 nitrogen and oxygen atoms in total. The Balaban J connectivity index is 3.21. The van der Waals surface area contributed by atoms with Crippen LogP contribution < -0.4 is 21.2 Å². The van der Waals surface area contributed by atoms with Crippen molar-refractivity contribution in [3.05, 3.63) is 32.4 Å². The Morgan fingerprint density at radius 1 is 1.27 bits per heavy atom. The summed E-state index contributed by atoms with van der Waals surface area (Å²) in [4.78, 5) is 1.89. The van der Waals surface area contributed by atoms with E-state index in [1.807, 2.05) is 4.93 Å². The fraction of sp³-hybridized carbons (Fsp3) is 0.143. The minimum absolute atomic E-state index is 0.00273. The van der Waals surface area contributed by atoms with Crippen LogP contribution in [0.1, 0.15) is 0 Å².